The topological polar surface area (TPSA) is 78.5 Å². The first-order valence-electron chi connectivity index (χ1n) is 8.44. The van der Waals surface area contributed by atoms with Crippen molar-refractivity contribution in [2.45, 2.75) is 19.5 Å². The second-order valence-corrected chi connectivity index (χ2v) is 7.26. The van der Waals surface area contributed by atoms with Gasteiger partial charge < -0.3 is 9.84 Å². The summed E-state index contributed by atoms with van der Waals surface area (Å²) in [6.45, 7) is 2.13. The molecule has 26 heavy (non-hydrogen) atoms. The predicted molar refractivity (Wildman–Crippen MR) is 99.3 cm³/mol. The zero-order valence-electron chi connectivity index (χ0n) is 14.1. The van der Waals surface area contributed by atoms with Crippen molar-refractivity contribution in [3.05, 3.63) is 58.7 Å². The molecular weight excluding hydrogens is 350 g/mol. The number of H-pyrrole nitrogens is 1. The maximum absolute atomic E-state index is 10.9. The number of carboxylic acids is 1. The fourth-order valence-corrected chi connectivity index (χ4v) is 3.96. The monoisotopic (exact) mass is 369 g/mol. The van der Waals surface area contributed by atoms with E-state index in [2.05, 4.69) is 32.6 Å². The van der Waals surface area contributed by atoms with Crippen LogP contribution in [0.15, 0.2) is 41.9 Å². The van der Waals surface area contributed by atoms with Gasteiger partial charge in [0.25, 0.3) is 0 Å². The van der Waals surface area contributed by atoms with Crippen LogP contribution in [0.4, 0.5) is 0 Å². The van der Waals surface area contributed by atoms with Crippen LogP contribution < -0.4 is 4.74 Å². The number of hydrogen-bond donors (Lipinski definition) is 2. The number of benzene rings is 1. The number of carbonyl (C=O) groups is 1. The van der Waals surface area contributed by atoms with Gasteiger partial charge in [-0.25, -0.2) is 4.79 Å². The van der Waals surface area contributed by atoms with Crippen LogP contribution in [0.25, 0.3) is 10.4 Å². The highest BCUT2D eigenvalue weighted by Crippen LogP contribution is 2.31. The van der Waals surface area contributed by atoms with Gasteiger partial charge in [-0.1, -0.05) is 6.07 Å². The van der Waals surface area contributed by atoms with Crippen molar-refractivity contribution in [2.24, 2.45) is 0 Å². The van der Waals surface area contributed by atoms with Crippen molar-refractivity contribution < 1.29 is 14.6 Å². The van der Waals surface area contributed by atoms with E-state index >= 15 is 0 Å². The number of rotatable bonds is 6. The van der Waals surface area contributed by atoms with Crippen LogP contribution in [-0.4, -0.2) is 39.3 Å². The van der Waals surface area contributed by atoms with Gasteiger partial charge in [0, 0.05) is 47.8 Å². The summed E-state index contributed by atoms with van der Waals surface area (Å²) >= 11 is 1.69. The van der Waals surface area contributed by atoms with E-state index < -0.39 is 5.97 Å². The Kier molecular flexibility index (Phi) is 4.73. The second-order valence-electron chi connectivity index (χ2n) is 6.32. The van der Waals surface area contributed by atoms with Crippen LogP contribution in [0.3, 0.4) is 0 Å². The van der Waals surface area contributed by atoms with Gasteiger partial charge in [0.15, 0.2) is 6.61 Å². The number of thiophene rings is 1. The molecule has 7 heteroatoms. The van der Waals surface area contributed by atoms with E-state index in [1.54, 1.807) is 11.3 Å². The molecule has 6 nitrogen and oxygen atoms in total. The largest absolute Gasteiger partial charge is 0.482 e. The molecule has 2 N–H and O–H groups in total. The van der Waals surface area contributed by atoms with E-state index in [1.807, 2.05) is 24.4 Å². The molecule has 3 heterocycles. The molecular formula is C19H19N3O3S. The number of nitrogens with one attached hydrogen (secondary N) is 1. The van der Waals surface area contributed by atoms with E-state index in [1.165, 1.54) is 16.1 Å². The fraction of sp³-hybridized carbons (Fsp3) is 0.263. The average Bonchev–Trinajstić information content (AvgIpc) is 3.32. The molecule has 0 spiro atoms. The lowest BCUT2D eigenvalue weighted by Gasteiger charge is -2.27. The first-order valence-corrected chi connectivity index (χ1v) is 9.32. The first kappa shape index (κ1) is 16.8. The molecule has 0 saturated carbocycles. The Hall–Kier alpha value is -2.64. The lowest BCUT2D eigenvalue weighted by atomic mass is 10.0. The van der Waals surface area contributed by atoms with Gasteiger partial charge in [-0.05, 0) is 35.2 Å². The third kappa shape index (κ3) is 3.63. The molecule has 134 valence electrons. The normalized spacial score (nSPS) is 14.2. The minimum absolute atomic E-state index is 0.336. The summed E-state index contributed by atoms with van der Waals surface area (Å²) in [7, 11) is 0. The maximum Gasteiger partial charge on any atom is 0.341 e. The number of aromatic nitrogens is 2. The number of aliphatic carboxylic acids is 1. The number of ether oxygens (including phenoxy) is 1. The minimum atomic E-state index is -0.973. The summed E-state index contributed by atoms with van der Waals surface area (Å²) in [6, 6.07) is 10.1. The molecule has 0 radical (unpaired) electrons. The van der Waals surface area contributed by atoms with Gasteiger partial charge in [0.2, 0.25) is 0 Å². The summed E-state index contributed by atoms with van der Waals surface area (Å²) in [6.07, 6.45) is 2.82. The van der Waals surface area contributed by atoms with Crippen LogP contribution >= 0.6 is 11.3 Å². The highest BCUT2D eigenvalue weighted by atomic mass is 32.1. The molecule has 0 amide bonds. The van der Waals surface area contributed by atoms with E-state index in [-0.39, 0.29) is 6.61 Å². The quantitative estimate of drug-likeness (QED) is 0.698. The Bertz CT molecular complexity index is 905. The molecule has 4 rings (SSSR count). The van der Waals surface area contributed by atoms with Crippen LogP contribution in [0.2, 0.25) is 0 Å². The van der Waals surface area contributed by atoms with Crippen LogP contribution in [0.1, 0.15) is 16.8 Å². The third-order valence-electron chi connectivity index (χ3n) is 4.49. The maximum atomic E-state index is 10.9. The number of fused-ring (bicyclic) bond motifs is 1. The van der Waals surface area contributed by atoms with Crippen molar-refractivity contribution in [3.8, 4) is 16.2 Å². The van der Waals surface area contributed by atoms with Crippen LogP contribution in [0.5, 0.6) is 5.75 Å². The van der Waals surface area contributed by atoms with E-state index in [0.29, 0.717) is 12.3 Å². The molecule has 1 aromatic carbocycles. The summed E-state index contributed by atoms with van der Waals surface area (Å²) in [5, 5.41) is 18.2. The Morgan fingerprint density at radius 3 is 3.12 bits per heavy atom. The number of aromatic amines is 1. The molecule has 2 aromatic heterocycles. The molecule has 0 bridgehead atoms. The molecule has 3 aromatic rings. The Balaban J connectivity index is 1.59. The zero-order valence-corrected chi connectivity index (χ0v) is 15.0. The lowest BCUT2D eigenvalue weighted by Crippen LogP contribution is -2.30. The van der Waals surface area contributed by atoms with Crippen molar-refractivity contribution in [2.75, 3.05) is 13.2 Å². The van der Waals surface area contributed by atoms with Crippen LogP contribution in [-0.2, 0) is 24.3 Å². The SMILES string of the molecule is O=C(O)COc1ccc(-c2cccs2)cc1CN1CCc2[nH]ncc2C1. The smallest absolute Gasteiger partial charge is 0.341 e. The number of nitrogens with zero attached hydrogens (tertiary/aromatic N) is 2. The van der Waals surface area contributed by atoms with E-state index in [0.717, 1.165) is 30.6 Å². The summed E-state index contributed by atoms with van der Waals surface area (Å²) < 4.78 is 5.53. The van der Waals surface area contributed by atoms with Crippen LogP contribution in [0, 0.1) is 0 Å². The minimum Gasteiger partial charge on any atom is -0.482 e. The van der Waals surface area contributed by atoms with Crippen molar-refractivity contribution in [3.63, 3.8) is 0 Å². The third-order valence-corrected chi connectivity index (χ3v) is 5.41. The number of hydrogen-bond acceptors (Lipinski definition) is 5. The van der Waals surface area contributed by atoms with Gasteiger partial charge in [-0.2, -0.15) is 5.10 Å². The molecule has 1 aliphatic heterocycles. The van der Waals surface area contributed by atoms with E-state index in [9.17, 15) is 4.79 Å². The van der Waals surface area contributed by atoms with Gasteiger partial charge in [0.1, 0.15) is 5.75 Å². The van der Waals surface area contributed by atoms with Crippen molar-refractivity contribution in [1.29, 1.82) is 0 Å². The van der Waals surface area contributed by atoms with Crippen molar-refractivity contribution in [1.82, 2.24) is 15.1 Å². The highest BCUT2D eigenvalue weighted by molar-refractivity contribution is 7.13. The standard InChI is InChI=1S/C19H19N3O3S/c23-19(24)12-25-17-4-3-13(18-2-1-7-26-18)8-14(17)10-22-6-5-16-15(11-22)9-20-21-16/h1-4,7-9H,5-6,10-12H2,(H,20,21)(H,23,24). The molecule has 0 saturated heterocycles. The van der Waals surface area contributed by atoms with Gasteiger partial charge in [-0.3, -0.25) is 10.00 Å². The summed E-state index contributed by atoms with van der Waals surface area (Å²) in [4.78, 5) is 14.4. The molecule has 0 fully saturated rings. The zero-order chi connectivity index (χ0) is 17.9. The Morgan fingerprint density at radius 2 is 2.31 bits per heavy atom. The predicted octanol–water partition coefficient (Wildman–Crippen LogP) is 3.16. The van der Waals surface area contributed by atoms with Crippen molar-refractivity contribution >= 4 is 17.3 Å². The fourth-order valence-electron chi connectivity index (χ4n) is 3.24. The second kappa shape index (κ2) is 7.31. The van der Waals surface area contributed by atoms with Gasteiger partial charge in [-0.15, -0.1) is 11.3 Å². The summed E-state index contributed by atoms with van der Waals surface area (Å²) in [5.74, 6) is -0.343. The average molecular weight is 369 g/mol. The highest BCUT2D eigenvalue weighted by Gasteiger charge is 2.19. The molecule has 0 aliphatic carbocycles. The Morgan fingerprint density at radius 1 is 1.38 bits per heavy atom. The Labute approximate surface area is 155 Å². The lowest BCUT2D eigenvalue weighted by molar-refractivity contribution is -0.139. The van der Waals surface area contributed by atoms with Gasteiger partial charge >= 0.3 is 5.97 Å². The molecule has 0 atom stereocenters. The van der Waals surface area contributed by atoms with Gasteiger partial charge in [0.05, 0.1) is 6.20 Å². The molecule has 0 unspecified atom stereocenters. The number of carboxylic acid groups (broad SMARTS) is 1. The van der Waals surface area contributed by atoms with E-state index in [4.69, 9.17) is 9.84 Å². The summed E-state index contributed by atoms with van der Waals surface area (Å²) in [5.41, 5.74) is 4.55. The molecule has 1 aliphatic rings. The first-order chi connectivity index (χ1) is 12.7.